The minimum atomic E-state index is -0.986. The fraction of sp³-hybridized carbons (Fsp3) is 0.391. The van der Waals surface area contributed by atoms with E-state index in [1.54, 1.807) is 56.4 Å². The van der Waals surface area contributed by atoms with Crippen LogP contribution < -0.4 is 0 Å². The van der Waals surface area contributed by atoms with Crippen molar-refractivity contribution < 1.29 is 23.9 Å². The van der Waals surface area contributed by atoms with Crippen LogP contribution >= 0.6 is 23.1 Å². The van der Waals surface area contributed by atoms with Crippen LogP contribution in [0, 0.1) is 0 Å². The maximum atomic E-state index is 13.6. The first-order chi connectivity index (χ1) is 15.2. The molecule has 0 spiro atoms. The number of amides is 3. The van der Waals surface area contributed by atoms with E-state index in [0.717, 1.165) is 9.78 Å². The van der Waals surface area contributed by atoms with E-state index in [9.17, 15) is 19.2 Å². The van der Waals surface area contributed by atoms with E-state index in [1.165, 1.54) is 16.7 Å². The van der Waals surface area contributed by atoms with Gasteiger partial charge in [0.15, 0.2) is 0 Å². The normalized spacial score (nSPS) is 21.5. The van der Waals surface area contributed by atoms with Gasteiger partial charge in [0.1, 0.15) is 18.2 Å². The molecule has 1 aromatic carbocycles. The van der Waals surface area contributed by atoms with Crippen LogP contribution in [-0.4, -0.2) is 64.0 Å². The number of esters is 1. The van der Waals surface area contributed by atoms with Crippen LogP contribution in [0.3, 0.4) is 0 Å². The summed E-state index contributed by atoms with van der Waals surface area (Å²) in [6.07, 6.45) is 0. The summed E-state index contributed by atoms with van der Waals surface area (Å²) in [4.78, 5) is 55.7. The van der Waals surface area contributed by atoms with E-state index in [4.69, 9.17) is 4.74 Å². The average Bonchev–Trinajstić information content (AvgIpc) is 3.30. The number of fused-ring (bicyclic) bond motifs is 1. The van der Waals surface area contributed by atoms with Crippen molar-refractivity contribution in [2.75, 3.05) is 18.8 Å². The molecule has 1 unspecified atom stereocenters. The summed E-state index contributed by atoms with van der Waals surface area (Å²) in [5.74, 6) is -1.63. The van der Waals surface area contributed by atoms with Gasteiger partial charge in [-0.1, -0.05) is 18.2 Å². The molecule has 2 aromatic rings. The Bertz CT molecular complexity index is 1030. The first kappa shape index (κ1) is 22.5. The monoisotopic (exact) mass is 472 g/mol. The Morgan fingerprint density at radius 2 is 1.72 bits per heavy atom. The molecule has 1 aromatic heterocycles. The standard InChI is InChI=1S/C23H24N2O5S2/c1-23(2,3)30-19(26)12-24-11-18(17-9-6-10-31-17)32-13-16(22(24)29)25-20(27)14-7-4-5-8-15(14)21(25)28/h4-10,16,18H,11-13H2,1-3H3/t16-,18?/m0/s1. The van der Waals surface area contributed by atoms with Crippen molar-refractivity contribution >= 4 is 46.8 Å². The van der Waals surface area contributed by atoms with Gasteiger partial charge in [0.2, 0.25) is 5.91 Å². The summed E-state index contributed by atoms with van der Waals surface area (Å²) in [5, 5.41) is 1.89. The number of thiophene rings is 1. The van der Waals surface area contributed by atoms with Gasteiger partial charge in [-0.15, -0.1) is 23.1 Å². The van der Waals surface area contributed by atoms with Gasteiger partial charge in [0.05, 0.1) is 16.4 Å². The zero-order valence-corrected chi connectivity index (χ0v) is 19.7. The van der Waals surface area contributed by atoms with E-state index in [2.05, 4.69) is 0 Å². The predicted octanol–water partition coefficient (Wildman–Crippen LogP) is 3.37. The number of carbonyl (C=O) groups is 4. The summed E-state index contributed by atoms with van der Waals surface area (Å²) in [7, 11) is 0. The largest absolute Gasteiger partial charge is 0.459 e. The number of hydrogen-bond acceptors (Lipinski definition) is 7. The molecule has 0 saturated carbocycles. The highest BCUT2D eigenvalue weighted by Crippen LogP contribution is 2.38. The average molecular weight is 473 g/mol. The van der Waals surface area contributed by atoms with E-state index in [-0.39, 0.29) is 17.5 Å². The van der Waals surface area contributed by atoms with E-state index in [1.807, 2.05) is 17.5 Å². The molecule has 1 fully saturated rings. The van der Waals surface area contributed by atoms with Crippen molar-refractivity contribution in [3.8, 4) is 0 Å². The molecule has 2 atom stereocenters. The first-order valence-corrected chi connectivity index (χ1v) is 12.2. The first-order valence-electron chi connectivity index (χ1n) is 10.3. The summed E-state index contributed by atoms with van der Waals surface area (Å²) >= 11 is 3.09. The Morgan fingerprint density at radius 3 is 2.28 bits per heavy atom. The molecule has 2 aliphatic heterocycles. The van der Waals surface area contributed by atoms with Gasteiger partial charge < -0.3 is 9.64 Å². The SMILES string of the molecule is CC(C)(C)OC(=O)CN1CC(c2cccs2)SC[C@H](N2C(=O)c3ccccc3C2=O)C1=O. The molecule has 0 radical (unpaired) electrons. The van der Waals surface area contributed by atoms with Gasteiger partial charge in [-0.25, -0.2) is 0 Å². The quantitative estimate of drug-likeness (QED) is 0.501. The Kier molecular flexibility index (Phi) is 6.13. The topological polar surface area (TPSA) is 84.0 Å². The van der Waals surface area contributed by atoms with Crippen LogP contribution in [0.15, 0.2) is 41.8 Å². The molecule has 32 heavy (non-hydrogen) atoms. The number of ether oxygens (including phenoxy) is 1. The minimum absolute atomic E-state index is 0.0680. The van der Waals surface area contributed by atoms with Gasteiger partial charge in [0, 0.05) is 17.2 Å². The van der Waals surface area contributed by atoms with Crippen molar-refractivity contribution in [3.63, 3.8) is 0 Å². The van der Waals surface area contributed by atoms with Crippen LogP contribution in [0.5, 0.6) is 0 Å². The fourth-order valence-corrected chi connectivity index (χ4v) is 6.13. The highest BCUT2D eigenvalue weighted by molar-refractivity contribution is 7.99. The molecular weight excluding hydrogens is 448 g/mol. The lowest BCUT2D eigenvalue weighted by atomic mass is 10.1. The molecule has 168 valence electrons. The molecule has 0 N–H and O–H groups in total. The van der Waals surface area contributed by atoms with Crippen molar-refractivity contribution in [1.29, 1.82) is 0 Å². The summed E-state index contributed by atoms with van der Waals surface area (Å²) in [6, 6.07) is 9.51. The Hall–Kier alpha value is -2.65. The van der Waals surface area contributed by atoms with Crippen molar-refractivity contribution in [2.24, 2.45) is 0 Å². The molecule has 4 rings (SSSR count). The maximum Gasteiger partial charge on any atom is 0.326 e. The highest BCUT2D eigenvalue weighted by Gasteiger charge is 2.46. The van der Waals surface area contributed by atoms with Gasteiger partial charge in [-0.2, -0.15) is 0 Å². The van der Waals surface area contributed by atoms with Gasteiger partial charge >= 0.3 is 5.97 Å². The summed E-state index contributed by atoms with van der Waals surface area (Å²) in [5.41, 5.74) is -0.0865. The highest BCUT2D eigenvalue weighted by atomic mass is 32.2. The van der Waals surface area contributed by atoms with E-state index < -0.39 is 35.3 Å². The Labute approximate surface area is 194 Å². The third kappa shape index (κ3) is 4.45. The number of hydrogen-bond donors (Lipinski definition) is 0. The molecule has 7 nitrogen and oxygen atoms in total. The number of carbonyl (C=O) groups excluding carboxylic acids is 4. The predicted molar refractivity (Wildman–Crippen MR) is 123 cm³/mol. The van der Waals surface area contributed by atoms with Crippen molar-refractivity contribution in [1.82, 2.24) is 9.80 Å². The second-order valence-corrected chi connectivity index (χ2v) is 10.9. The summed E-state index contributed by atoms with van der Waals surface area (Å²) < 4.78 is 5.42. The fourth-order valence-electron chi connectivity index (χ4n) is 3.83. The van der Waals surface area contributed by atoms with Crippen LogP contribution in [0.25, 0.3) is 0 Å². The molecule has 3 amide bonds. The lowest BCUT2D eigenvalue weighted by Gasteiger charge is -2.29. The minimum Gasteiger partial charge on any atom is -0.459 e. The lowest BCUT2D eigenvalue weighted by Crippen LogP contribution is -2.52. The molecule has 3 heterocycles. The second kappa shape index (κ2) is 8.71. The lowest BCUT2D eigenvalue weighted by molar-refractivity contribution is -0.159. The summed E-state index contributed by atoms with van der Waals surface area (Å²) in [6.45, 7) is 5.35. The smallest absolute Gasteiger partial charge is 0.326 e. The van der Waals surface area contributed by atoms with Crippen molar-refractivity contribution in [3.05, 3.63) is 57.8 Å². The zero-order valence-electron chi connectivity index (χ0n) is 18.1. The molecule has 0 aliphatic carbocycles. The van der Waals surface area contributed by atoms with Crippen LogP contribution in [0.4, 0.5) is 0 Å². The molecule has 1 saturated heterocycles. The molecule has 0 bridgehead atoms. The third-order valence-electron chi connectivity index (χ3n) is 5.18. The number of nitrogens with zero attached hydrogens (tertiary/aromatic N) is 2. The van der Waals surface area contributed by atoms with Crippen LogP contribution in [0.1, 0.15) is 51.6 Å². The van der Waals surface area contributed by atoms with Gasteiger partial charge in [-0.05, 0) is 44.4 Å². The number of thioether (sulfide) groups is 1. The van der Waals surface area contributed by atoms with Crippen LogP contribution in [0.2, 0.25) is 0 Å². The number of benzene rings is 1. The van der Waals surface area contributed by atoms with Gasteiger partial charge in [0.25, 0.3) is 11.8 Å². The maximum absolute atomic E-state index is 13.6. The Balaban J connectivity index is 1.63. The molecule has 9 heteroatoms. The Morgan fingerprint density at radius 1 is 1.06 bits per heavy atom. The van der Waals surface area contributed by atoms with Gasteiger partial charge in [-0.3, -0.25) is 24.1 Å². The molecular formula is C23H24N2O5S2. The third-order valence-corrected chi connectivity index (χ3v) is 7.62. The number of rotatable bonds is 4. The van der Waals surface area contributed by atoms with E-state index in [0.29, 0.717) is 17.7 Å². The van der Waals surface area contributed by atoms with E-state index >= 15 is 0 Å². The second-order valence-electron chi connectivity index (χ2n) is 8.68. The van der Waals surface area contributed by atoms with Crippen LogP contribution in [-0.2, 0) is 14.3 Å². The zero-order chi connectivity index (χ0) is 23.0. The van der Waals surface area contributed by atoms with Crippen molar-refractivity contribution in [2.45, 2.75) is 37.7 Å². The number of imide groups is 1. The molecule has 2 aliphatic rings.